The maximum absolute atomic E-state index is 14.1. The average molecular weight is 437 g/mol. The van der Waals surface area contributed by atoms with E-state index in [1.807, 2.05) is 43.3 Å². The fourth-order valence-electron chi connectivity index (χ4n) is 4.82. The molecule has 0 radical (unpaired) electrons. The van der Waals surface area contributed by atoms with Gasteiger partial charge in [0.2, 0.25) is 0 Å². The Morgan fingerprint density at radius 2 is 1.73 bits per heavy atom. The number of aromatic nitrogens is 3. The summed E-state index contributed by atoms with van der Waals surface area (Å²) < 4.78 is 12.6. The third kappa shape index (κ3) is 2.53. The molecule has 7 nitrogen and oxygen atoms in total. The van der Waals surface area contributed by atoms with E-state index in [1.54, 1.807) is 22.8 Å². The summed E-state index contributed by atoms with van der Waals surface area (Å²) in [6.45, 7) is 1.88. The molecule has 1 aliphatic carbocycles. The first kappa shape index (κ1) is 19.3. The van der Waals surface area contributed by atoms with Crippen LogP contribution < -0.4 is 15.0 Å². The highest BCUT2D eigenvalue weighted by atomic mass is 16.5. The molecule has 5 aromatic rings. The monoisotopic (exact) mass is 437 g/mol. The number of carbonyl (C=O) groups excluding carboxylic acids is 1. The molecule has 0 amide bonds. The van der Waals surface area contributed by atoms with Gasteiger partial charge in [0.05, 0.1) is 47.6 Å². The summed E-state index contributed by atoms with van der Waals surface area (Å²) in [5.41, 5.74) is 4.30. The molecule has 0 bridgehead atoms. The first-order valence-corrected chi connectivity index (χ1v) is 10.5. The molecule has 3 aromatic carbocycles. The van der Waals surface area contributed by atoms with Crippen molar-refractivity contribution >= 4 is 27.6 Å². The number of nitrogens with one attached hydrogen (secondary N) is 1. The number of H-pyrrole nitrogens is 1. The molecule has 0 aliphatic heterocycles. The number of aromatic amines is 1. The Morgan fingerprint density at radius 1 is 0.939 bits per heavy atom. The van der Waals surface area contributed by atoms with Crippen molar-refractivity contribution in [1.29, 1.82) is 0 Å². The average Bonchev–Trinajstić information content (AvgIpc) is 3.35. The first-order valence-electron chi connectivity index (χ1n) is 10.5. The Kier molecular flexibility index (Phi) is 3.98. The van der Waals surface area contributed by atoms with Gasteiger partial charge in [-0.3, -0.25) is 14.2 Å². The lowest BCUT2D eigenvalue weighted by Gasteiger charge is -2.17. The lowest BCUT2D eigenvalue weighted by atomic mass is 10.0. The number of hydrogen-bond acceptors (Lipinski definition) is 5. The van der Waals surface area contributed by atoms with Crippen molar-refractivity contribution in [3.05, 3.63) is 81.9 Å². The van der Waals surface area contributed by atoms with Crippen LogP contribution in [-0.2, 0) is 0 Å². The van der Waals surface area contributed by atoms with Crippen molar-refractivity contribution in [3.8, 4) is 28.4 Å². The zero-order valence-electron chi connectivity index (χ0n) is 18.2. The van der Waals surface area contributed by atoms with Crippen LogP contribution in [0.5, 0.6) is 11.5 Å². The Bertz CT molecular complexity index is 1690. The van der Waals surface area contributed by atoms with Gasteiger partial charge < -0.3 is 14.5 Å². The third-order valence-electron chi connectivity index (χ3n) is 6.19. The van der Waals surface area contributed by atoms with Gasteiger partial charge in [0, 0.05) is 16.5 Å². The normalized spacial score (nSPS) is 12.3. The number of rotatable bonds is 3. The number of ether oxygens (including phenoxy) is 2. The summed E-state index contributed by atoms with van der Waals surface area (Å²) in [5, 5.41) is 0.848. The molecule has 33 heavy (non-hydrogen) atoms. The van der Waals surface area contributed by atoms with E-state index in [2.05, 4.69) is 9.97 Å². The quantitative estimate of drug-likeness (QED) is 0.443. The number of aryl methyl sites for hydroxylation is 1. The molecular weight excluding hydrogens is 418 g/mol. The SMILES string of the molecule is COc1ccc2c3c(n(-c4ccc5nc(C)[nH]c5c4)c(=O)c2c1OC)-c1ccccc1C3=O. The van der Waals surface area contributed by atoms with E-state index in [4.69, 9.17) is 9.47 Å². The number of pyridine rings is 1. The Balaban J connectivity index is 1.83. The van der Waals surface area contributed by atoms with E-state index < -0.39 is 0 Å². The maximum Gasteiger partial charge on any atom is 0.267 e. The van der Waals surface area contributed by atoms with E-state index in [-0.39, 0.29) is 11.3 Å². The van der Waals surface area contributed by atoms with Crippen LogP contribution in [-0.4, -0.2) is 34.5 Å². The number of nitrogens with zero attached hydrogens (tertiary/aromatic N) is 2. The molecule has 1 N–H and O–H groups in total. The van der Waals surface area contributed by atoms with Crippen LogP contribution in [0.3, 0.4) is 0 Å². The van der Waals surface area contributed by atoms with Crippen molar-refractivity contribution in [3.63, 3.8) is 0 Å². The summed E-state index contributed by atoms with van der Waals surface area (Å²) in [7, 11) is 3.01. The highest BCUT2D eigenvalue weighted by molar-refractivity contribution is 6.27. The van der Waals surface area contributed by atoms with E-state index >= 15 is 0 Å². The van der Waals surface area contributed by atoms with E-state index in [0.717, 1.165) is 22.4 Å². The third-order valence-corrected chi connectivity index (χ3v) is 6.19. The van der Waals surface area contributed by atoms with Crippen molar-refractivity contribution in [2.75, 3.05) is 14.2 Å². The minimum Gasteiger partial charge on any atom is -0.493 e. The lowest BCUT2D eigenvalue weighted by molar-refractivity contribution is 0.104. The topological polar surface area (TPSA) is 86.2 Å². The first-order chi connectivity index (χ1) is 16.0. The molecule has 162 valence electrons. The van der Waals surface area contributed by atoms with Gasteiger partial charge in [-0.1, -0.05) is 24.3 Å². The fraction of sp³-hybridized carbons (Fsp3) is 0.115. The van der Waals surface area contributed by atoms with Gasteiger partial charge in [0.1, 0.15) is 5.82 Å². The number of hydrogen-bond donors (Lipinski definition) is 1. The molecule has 0 spiro atoms. The summed E-state index contributed by atoms with van der Waals surface area (Å²) in [5.74, 6) is 1.39. The molecule has 1 aliphatic rings. The molecule has 0 fully saturated rings. The highest BCUT2D eigenvalue weighted by Gasteiger charge is 2.34. The second-order valence-corrected chi connectivity index (χ2v) is 7.99. The van der Waals surface area contributed by atoms with Crippen LogP contribution in [0.1, 0.15) is 21.7 Å². The number of ketones is 1. The summed E-state index contributed by atoms with van der Waals surface area (Å²) in [6, 6.07) is 16.4. The zero-order chi connectivity index (χ0) is 22.9. The van der Waals surface area contributed by atoms with Crippen LogP contribution >= 0.6 is 0 Å². The van der Waals surface area contributed by atoms with E-state index in [1.165, 1.54) is 14.2 Å². The molecule has 0 saturated carbocycles. The van der Waals surface area contributed by atoms with Gasteiger partial charge >= 0.3 is 0 Å². The number of methoxy groups -OCH3 is 2. The largest absolute Gasteiger partial charge is 0.493 e. The fourth-order valence-corrected chi connectivity index (χ4v) is 4.82. The highest BCUT2D eigenvalue weighted by Crippen LogP contribution is 2.43. The number of fused-ring (bicyclic) bond motifs is 6. The molecule has 0 saturated heterocycles. The van der Waals surface area contributed by atoms with Gasteiger partial charge in [-0.05, 0) is 37.3 Å². The van der Waals surface area contributed by atoms with Crippen LogP contribution in [0.25, 0.3) is 38.8 Å². The Hall–Kier alpha value is -4.39. The van der Waals surface area contributed by atoms with Crippen LogP contribution in [0, 0.1) is 6.92 Å². The lowest BCUT2D eigenvalue weighted by Crippen LogP contribution is -2.22. The molecule has 2 heterocycles. The summed E-state index contributed by atoms with van der Waals surface area (Å²) in [4.78, 5) is 35.3. The molecule has 6 rings (SSSR count). The van der Waals surface area contributed by atoms with E-state index in [9.17, 15) is 9.59 Å². The minimum atomic E-state index is -0.292. The van der Waals surface area contributed by atoms with Crippen LogP contribution in [0.2, 0.25) is 0 Å². The zero-order valence-corrected chi connectivity index (χ0v) is 18.2. The smallest absolute Gasteiger partial charge is 0.267 e. The maximum atomic E-state index is 14.1. The number of benzene rings is 3. The van der Waals surface area contributed by atoms with Gasteiger partial charge in [0.25, 0.3) is 5.56 Å². The molecule has 0 atom stereocenters. The Morgan fingerprint density at radius 3 is 2.48 bits per heavy atom. The predicted octanol–water partition coefficient (Wildman–Crippen LogP) is 4.40. The molecule has 2 aromatic heterocycles. The van der Waals surface area contributed by atoms with E-state index in [0.29, 0.717) is 44.8 Å². The molecular formula is C26H19N3O4. The van der Waals surface area contributed by atoms with Crippen LogP contribution in [0.4, 0.5) is 0 Å². The standard InChI is InChI=1S/C26H19N3O4/c1-13-27-18-10-8-14(12-19(18)28-13)29-23-15-6-4-5-7-16(15)24(30)21(23)17-9-11-20(32-2)25(33-3)22(17)26(29)31/h4-12H,1-3H3,(H,27,28). The molecule has 0 unspecified atom stereocenters. The number of imidazole rings is 1. The van der Waals surface area contributed by atoms with Crippen molar-refractivity contribution in [1.82, 2.24) is 14.5 Å². The Labute approximate surface area is 188 Å². The summed E-state index contributed by atoms with van der Waals surface area (Å²) >= 11 is 0. The minimum absolute atomic E-state index is 0.120. The van der Waals surface area contributed by atoms with Gasteiger partial charge in [-0.2, -0.15) is 0 Å². The number of carbonyl (C=O) groups is 1. The predicted molar refractivity (Wildman–Crippen MR) is 126 cm³/mol. The van der Waals surface area contributed by atoms with Crippen LogP contribution in [0.15, 0.2) is 59.4 Å². The van der Waals surface area contributed by atoms with Gasteiger partial charge in [0.15, 0.2) is 17.3 Å². The van der Waals surface area contributed by atoms with Gasteiger partial charge in [-0.15, -0.1) is 0 Å². The summed E-state index contributed by atoms with van der Waals surface area (Å²) in [6.07, 6.45) is 0. The van der Waals surface area contributed by atoms with Gasteiger partial charge in [-0.25, -0.2) is 4.98 Å². The second-order valence-electron chi connectivity index (χ2n) is 7.99. The second kappa shape index (κ2) is 6.80. The van der Waals surface area contributed by atoms with Crippen molar-refractivity contribution < 1.29 is 14.3 Å². The van der Waals surface area contributed by atoms with Crippen molar-refractivity contribution in [2.24, 2.45) is 0 Å². The van der Waals surface area contributed by atoms with Crippen molar-refractivity contribution in [2.45, 2.75) is 6.92 Å². The molecule has 7 heteroatoms.